The Hall–Kier alpha value is -2.54. The number of carbonyl (C=O) groups excluding carboxylic acids is 1. The zero-order chi connectivity index (χ0) is 21.3. The molecule has 156 valence electrons. The Labute approximate surface area is 183 Å². The van der Waals surface area contributed by atoms with Crippen molar-refractivity contribution in [3.05, 3.63) is 73.5 Å². The molecule has 0 unspecified atom stereocenters. The maximum Gasteiger partial charge on any atom is 0.234 e. The van der Waals surface area contributed by atoms with Gasteiger partial charge in [0, 0.05) is 42.3 Å². The molecule has 0 fully saturated rings. The molecule has 0 aliphatic carbocycles. The van der Waals surface area contributed by atoms with Crippen molar-refractivity contribution in [2.24, 2.45) is 0 Å². The number of benzene rings is 2. The Morgan fingerprint density at radius 1 is 1.27 bits per heavy atom. The number of methoxy groups -OCH3 is 1. The van der Waals surface area contributed by atoms with Gasteiger partial charge in [-0.2, -0.15) is 0 Å². The lowest BCUT2D eigenvalue weighted by atomic mass is 10.0. The summed E-state index contributed by atoms with van der Waals surface area (Å²) < 4.78 is 5.37. The van der Waals surface area contributed by atoms with Gasteiger partial charge in [0.25, 0.3) is 0 Å². The van der Waals surface area contributed by atoms with E-state index in [4.69, 9.17) is 27.9 Å². The van der Waals surface area contributed by atoms with Crippen molar-refractivity contribution in [2.45, 2.75) is 19.5 Å². The van der Waals surface area contributed by atoms with Crippen molar-refractivity contribution in [3.8, 4) is 5.75 Å². The third-order valence-electron chi connectivity index (χ3n) is 5.28. The zero-order valence-corrected chi connectivity index (χ0v) is 17.9. The molecule has 0 bridgehead atoms. The Bertz CT molecular complexity index is 1180. The summed E-state index contributed by atoms with van der Waals surface area (Å²) in [5.74, 6) is 0.479. The van der Waals surface area contributed by atoms with E-state index in [-0.39, 0.29) is 17.9 Å². The Morgan fingerprint density at radius 2 is 2.10 bits per heavy atom. The van der Waals surface area contributed by atoms with Crippen molar-refractivity contribution >= 4 is 40.0 Å². The van der Waals surface area contributed by atoms with E-state index in [1.165, 1.54) is 0 Å². The third kappa shape index (κ3) is 4.17. The Kier molecular flexibility index (Phi) is 5.99. The number of ether oxygens (including phenoxy) is 1. The van der Waals surface area contributed by atoms with E-state index in [1.54, 1.807) is 25.3 Å². The third-order valence-corrected chi connectivity index (χ3v) is 5.83. The van der Waals surface area contributed by atoms with Crippen molar-refractivity contribution in [1.82, 2.24) is 15.2 Å². The van der Waals surface area contributed by atoms with Crippen LogP contribution in [0.15, 0.2) is 41.2 Å². The minimum Gasteiger partial charge on any atom is -0.495 e. The minimum absolute atomic E-state index is 0.102. The maximum atomic E-state index is 13.1. The van der Waals surface area contributed by atoms with Crippen LogP contribution in [-0.2, 0) is 24.3 Å². The number of hydrogen-bond donors (Lipinski definition) is 2. The standard InChI is InChI=1S/C22H21Cl2N3O3/c1-30-18-6-5-16(24)20-21(18)26-17-7-8-27(11-15(17)22(20)29)12-19(28)25-10-13-3-2-4-14(23)9-13/h2-6,9H,7-8,10-12H2,1H3,(H,25,28)(H,26,29). The van der Waals surface area contributed by atoms with Gasteiger partial charge in [0.15, 0.2) is 5.43 Å². The molecule has 3 aromatic rings. The molecule has 2 aromatic carbocycles. The van der Waals surface area contributed by atoms with Crippen molar-refractivity contribution < 1.29 is 9.53 Å². The lowest BCUT2D eigenvalue weighted by molar-refractivity contribution is -0.122. The van der Waals surface area contributed by atoms with Gasteiger partial charge in [0.1, 0.15) is 5.75 Å². The molecule has 8 heteroatoms. The summed E-state index contributed by atoms with van der Waals surface area (Å²) in [6.07, 6.45) is 0.637. The molecule has 0 saturated carbocycles. The first-order chi connectivity index (χ1) is 14.5. The SMILES string of the molecule is COc1ccc(Cl)c2c(=O)c3c([nH]c12)CCN(CC(=O)NCc1cccc(Cl)c1)C3. The fourth-order valence-corrected chi connectivity index (χ4v) is 4.24. The molecule has 2 heterocycles. The zero-order valence-electron chi connectivity index (χ0n) is 16.4. The Balaban J connectivity index is 1.50. The summed E-state index contributed by atoms with van der Waals surface area (Å²) in [4.78, 5) is 30.8. The number of halogens is 2. The first kappa shape index (κ1) is 20.7. The number of rotatable bonds is 5. The first-order valence-electron chi connectivity index (χ1n) is 9.60. The fraction of sp³-hybridized carbons (Fsp3) is 0.273. The highest BCUT2D eigenvalue weighted by Gasteiger charge is 2.24. The molecule has 6 nitrogen and oxygen atoms in total. The number of nitrogens with zero attached hydrogens (tertiary/aromatic N) is 1. The fourth-order valence-electron chi connectivity index (χ4n) is 3.78. The molecular formula is C22H21Cl2N3O3. The van der Waals surface area contributed by atoms with Gasteiger partial charge in [0.05, 0.1) is 29.6 Å². The maximum absolute atomic E-state index is 13.1. The van der Waals surface area contributed by atoms with Crippen molar-refractivity contribution in [2.75, 3.05) is 20.2 Å². The summed E-state index contributed by atoms with van der Waals surface area (Å²) in [5, 5.41) is 4.34. The number of carbonyl (C=O) groups is 1. The van der Waals surface area contributed by atoms with Crippen LogP contribution in [0.4, 0.5) is 0 Å². The molecule has 2 N–H and O–H groups in total. The van der Waals surface area contributed by atoms with E-state index in [2.05, 4.69) is 10.3 Å². The van der Waals surface area contributed by atoms with Crippen LogP contribution in [0.2, 0.25) is 10.0 Å². The van der Waals surface area contributed by atoms with Crippen LogP contribution in [0.1, 0.15) is 16.8 Å². The normalized spacial score (nSPS) is 13.8. The van der Waals surface area contributed by atoms with Crippen LogP contribution in [0.25, 0.3) is 10.9 Å². The number of fused-ring (bicyclic) bond motifs is 2. The van der Waals surface area contributed by atoms with Crippen LogP contribution in [0.3, 0.4) is 0 Å². The average molecular weight is 446 g/mol. The molecule has 0 atom stereocenters. The second-order valence-electron chi connectivity index (χ2n) is 7.28. The number of hydrogen-bond acceptors (Lipinski definition) is 4. The minimum atomic E-state index is -0.119. The van der Waals surface area contributed by atoms with E-state index >= 15 is 0 Å². The van der Waals surface area contributed by atoms with Crippen molar-refractivity contribution in [1.29, 1.82) is 0 Å². The van der Waals surface area contributed by atoms with E-state index < -0.39 is 0 Å². The number of nitrogens with one attached hydrogen (secondary N) is 2. The predicted octanol–water partition coefficient (Wildman–Crippen LogP) is 3.52. The second-order valence-corrected chi connectivity index (χ2v) is 8.12. The highest BCUT2D eigenvalue weighted by molar-refractivity contribution is 6.35. The molecule has 1 aliphatic rings. The van der Waals surface area contributed by atoms with Gasteiger partial charge in [-0.3, -0.25) is 14.5 Å². The average Bonchev–Trinajstić information content (AvgIpc) is 2.73. The smallest absolute Gasteiger partial charge is 0.234 e. The van der Waals surface area contributed by atoms with Gasteiger partial charge in [-0.15, -0.1) is 0 Å². The lowest BCUT2D eigenvalue weighted by Gasteiger charge is -2.28. The highest BCUT2D eigenvalue weighted by atomic mass is 35.5. The van der Waals surface area contributed by atoms with Crippen LogP contribution < -0.4 is 15.5 Å². The largest absolute Gasteiger partial charge is 0.495 e. The van der Waals surface area contributed by atoms with Gasteiger partial charge in [-0.25, -0.2) is 0 Å². The van der Waals surface area contributed by atoms with Gasteiger partial charge < -0.3 is 15.0 Å². The summed E-state index contributed by atoms with van der Waals surface area (Å²) in [7, 11) is 1.56. The summed E-state index contributed by atoms with van der Waals surface area (Å²) in [6, 6.07) is 10.8. The first-order valence-corrected chi connectivity index (χ1v) is 10.4. The molecule has 4 rings (SSSR count). The molecule has 0 radical (unpaired) electrons. The molecule has 1 aliphatic heterocycles. The highest BCUT2D eigenvalue weighted by Crippen LogP contribution is 2.30. The summed E-state index contributed by atoms with van der Waals surface area (Å²) in [6.45, 7) is 1.68. The van der Waals surface area contributed by atoms with Crippen LogP contribution >= 0.6 is 23.2 Å². The van der Waals surface area contributed by atoms with E-state index in [9.17, 15) is 9.59 Å². The quantitative estimate of drug-likeness (QED) is 0.629. The molecule has 0 spiro atoms. The van der Waals surface area contributed by atoms with Crippen LogP contribution in [0.5, 0.6) is 5.75 Å². The molecule has 1 amide bonds. The van der Waals surface area contributed by atoms with E-state index in [0.717, 1.165) is 11.3 Å². The van der Waals surface area contributed by atoms with Gasteiger partial charge in [0.2, 0.25) is 5.91 Å². The lowest BCUT2D eigenvalue weighted by Crippen LogP contribution is -2.41. The van der Waals surface area contributed by atoms with E-state index in [1.807, 2.05) is 23.1 Å². The van der Waals surface area contributed by atoms with Gasteiger partial charge >= 0.3 is 0 Å². The second kappa shape index (κ2) is 8.68. The number of pyridine rings is 1. The number of H-pyrrole nitrogens is 1. The summed E-state index contributed by atoms with van der Waals surface area (Å²) >= 11 is 12.3. The van der Waals surface area contributed by atoms with E-state index in [0.29, 0.717) is 58.3 Å². The monoisotopic (exact) mass is 445 g/mol. The van der Waals surface area contributed by atoms with Crippen molar-refractivity contribution in [3.63, 3.8) is 0 Å². The molecule has 0 saturated heterocycles. The number of amides is 1. The number of aromatic nitrogens is 1. The number of aromatic amines is 1. The topological polar surface area (TPSA) is 74.4 Å². The van der Waals surface area contributed by atoms with Crippen LogP contribution in [0, 0.1) is 0 Å². The van der Waals surface area contributed by atoms with Gasteiger partial charge in [-0.1, -0.05) is 35.3 Å². The van der Waals surface area contributed by atoms with Crippen LogP contribution in [-0.4, -0.2) is 36.0 Å². The summed E-state index contributed by atoms with van der Waals surface area (Å²) in [5.41, 5.74) is 2.94. The Morgan fingerprint density at radius 3 is 2.87 bits per heavy atom. The molecule has 1 aromatic heterocycles. The van der Waals surface area contributed by atoms with Gasteiger partial charge in [-0.05, 0) is 29.8 Å². The molecule has 30 heavy (non-hydrogen) atoms. The predicted molar refractivity (Wildman–Crippen MR) is 118 cm³/mol. The molecular weight excluding hydrogens is 425 g/mol.